The van der Waals surface area contributed by atoms with Gasteiger partial charge in [0.25, 0.3) is 0 Å². The van der Waals surface area contributed by atoms with E-state index in [4.69, 9.17) is 5.73 Å². The number of hydrogen-bond donors (Lipinski definition) is 1. The zero-order valence-corrected chi connectivity index (χ0v) is 7.80. The van der Waals surface area contributed by atoms with Gasteiger partial charge in [-0.15, -0.1) is 0 Å². The Morgan fingerprint density at radius 2 is 1.91 bits per heavy atom. The molecule has 0 rings (SSSR count). The second kappa shape index (κ2) is 11.9. The maximum atomic E-state index is 5.28. The van der Waals surface area contributed by atoms with E-state index in [-0.39, 0.29) is 0 Å². The highest BCUT2D eigenvalue weighted by molar-refractivity contribution is 5.19. The van der Waals surface area contributed by atoms with Crippen LogP contribution in [0.15, 0.2) is 36.5 Å². The van der Waals surface area contributed by atoms with Gasteiger partial charge in [-0.2, -0.15) is 0 Å². The fraction of sp³-hybridized carbons (Fsp3) is 0.400. The van der Waals surface area contributed by atoms with E-state index in [2.05, 4.69) is 6.58 Å². The van der Waals surface area contributed by atoms with Crippen molar-refractivity contribution >= 4 is 0 Å². The van der Waals surface area contributed by atoms with Gasteiger partial charge in [0, 0.05) is 6.54 Å². The zero-order chi connectivity index (χ0) is 9.11. The van der Waals surface area contributed by atoms with Gasteiger partial charge in [0.2, 0.25) is 0 Å². The van der Waals surface area contributed by atoms with Crippen molar-refractivity contribution in [3.63, 3.8) is 0 Å². The first-order chi connectivity index (χ1) is 5.31. The van der Waals surface area contributed by atoms with Crippen molar-refractivity contribution in [2.24, 2.45) is 5.73 Å². The molecule has 0 aromatic rings. The summed E-state index contributed by atoms with van der Waals surface area (Å²) in [5.41, 5.74) is 6.23. The highest BCUT2D eigenvalue weighted by Gasteiger charge is 1.76. The monoisotopic (exact) mass is 153 g/mol. The minimum Gasteiger partial charge on any atom is -0.327 e. The van der Waals surface area contributed by atoms with Crippen molar-refractivity contribution < 1.29 is 0 Å². The molecule has 0 radical (unpaired) electrons. The molecule has 0 saturated carbocycles. The molecule has 0 amide bonds. The van der Waals surface area contributed by atoms with E-state index in [1.807, 2.05) is 45.1 Å². The predicted octanol–water partition coefficient (Wildman–Crippen LogP) is 2.66. The highest BCUT2D eigenvalue weighted by Crippen LogP contribution is 1.88. The van der Waals surface area contributed by atoms with Gasteiger partial charge in [-0.25, -0.2) is 0 Å². The summed E-state index contributed by atoms with van der Waals surface area (Å²) in [7, 11) is 0. The maximum Gasteiger partial charge on any atom is 0.0172 e. The molecule has 0 atom stereocenters. The number of nitrogens with two attached hydrogens (primary N) is 1. The molecule has 0 fully saturated rings. The van der Waals surface area contributed by atoms with Crippen LogP contribution in [0.4, 0.5) is 0 Å². The van der Waals surface area contributed by atoms with Crippen molar-refractivity contribution in [2.45, 2.75) is 20.8 Å². The van der Waals surface area contributed by atoms with E-state index >= 15 is 0 Å². The van der Waals surface area contributed by atoms with E-state index in [9.17, 15) is 0 Å². The third-order valence-corrected chi connectivity index (χ3v) is 0.898. The Labute approximate surface area is 70.3 Å². The van der Waals surface area contributed by atoms with Crippen LogP contribution >= 0.6 is 0 Å². The Morgan fingerprint density at radius 3 is 2.27 bits per heavy atom. The summed E-state index contributed by atoms with van der Waals surface area (Å²) in [6.07, 6.45) is 7.73. The molecule has 0 aliphatic heterocycles. The molecule has 11 heavy (non-hydrogen) atoms. The fourth-order valence-corrected chi connectivity index (χ4v) is 0.371. The van der Waals surface area contributed by atoms with Crippen molar-refractivity contribution in [1.82, 2.24) is 0 Å². The Morgan fingerprint density at radius 1 is 1.36 bits per heavy atom. The van der Waals surface area contributed by atoms with Crippen LogP contribution in [-0.2, 0) is 0 Å². The average molecular weight is 153 g/mol. The SMILES string of the molecule is C=C(/C=C\C=C/C)CN.CC. The van der Waals surface area contributed by atoms with Crippen LogP contribution in [0.3, 0.4) is 0 Å². The summed E-state index contributed by atoms with van der Waals surface area (Å²) in [6, 6.07) is 0. The molecular formula is C10H19N. The van der Waals surface area contributed by atoms with Gasteiger partial charge < -0.3 is 5.73 Å². The van der Waals surface area contributed by atoms with E-state index in [1.54, 1.807) is 0 Å². The third kappa shape index (κ3) is 12.4. The number of rotatable bonds is 3. The average Bonchev–Trinajstić information content (AvgIpc) is 2.08. The molecule has 64 valence electrons. The molecule has 1 heteroatoms. The summed E-state index contributed by atoms with van der Waals surface area (Å²) < 4.78 is 0. The Balaban J connectivity index is 0. The topological polar surface area (TPSA) is 26.0 Å². The third-order valence-electron chi connectivity index (χ3n) is 0.898. The normalized spacial score (nSPS) is 9.82. The van der Waals surface area contributed by atoms with E-state index in [0.717, 1.165) is 5.57 Å². The van der Waals surface area contributed by atoms with E-state index in [0.29, 0.717) is 6.54 Å². The molecule has 0 bridgehead atoms. The van der Waals surface area contributed by atoms with Gasteiger partial charge in [0.1, 0.15) is 0 Å². The molecule has 0 spiro atoms. The number of allylic oxidation sites excluding steroid dienone is 3. The summed E-state index contributed by atoms with van der Waals surface area (Å²) >= 11 is 0. The molecule has 1 nitrogen and oxygen atoms in total. The molecule has 2 N–H and O–H groups in total. The molecule has 0 aromatic carbocycles. The minimum atomic E-state index is 0.536. The van der Waals surface area contributed by atoms with Gasteiger partial charge in [0.05, 0.1) is 0 Å². The lowest BCUT2D eigenvalue weighted by Crippen LogP contribution is -1.98. The van der Waals surface area contributed by atoms with Gasteiger partial charge in [-0.3, -0.25) is 0 Å². The van der Waals surface area contributed by atoms with Crippen LogP contribution in [0.25, 0.3) is 0 Å². The van der Waals surface area contributed by atoms with Crippen molar-refractivity contribution in [3.8, 4) is 0 Å². The van der Waals surface area contributed by atoms with Crippen LogP contribution in [0.1, 0.15) is 20.8 Å². The lowest BCUT2D eigenvalue weighted by molar-refractivity contribution is 1.20. The van der Waals surface area contributed by atoms with Crippen LogP contribution in [0, 0.1) is 0 Å². The van der Waals surface area contributed by atoms with E-state index < -0.39 is 0 Å². The molecule has 0 heterocycles. The largest absolute Gasteiger partial charge is 0.327 e. The Hall–Kier alpha value is -0.820. The Bertz CT molecular complexity index is 132. The van der Waals surface area contributed by atoms with Crippen LogP contribution in [0.5, 0.6) is 0 Å². The van der Waals surface area contributed by atoms with Gasteiger partial charge in [-0.05, 0) is 12.5 Å². The van der Waals surface area contributed by atoms with Gasteiger partial charge >= 0.3 is 0 Å². The first-order valence-corrected chi connectivity index (χ1v) is 3.98. The lowest BCUT2D eigenvalue weighted by Gasteiger charge is -1.87. The standard InChI is InChI=1S/C8H13N.C2H6/c1-3-4-5-6-8(2)7-9;1-2/h3-6H,2,7,9H2,1H3;1-2H3/b4-3-,6-5-;. The molecular weight excluding hydrogens is 134 g/mol. The first kappa shape index (κ1) is 12.8. The molecule has 0 aliphatic rings. The zero-order valence-electron chi connectivity index (χ0n) is 7.80. The van der Waals surface area contributed by atoms with Crippen molar-refractivity contribution in [2.75, 3.05) is 6.54 Å². The second-order valence-electron chi connectivity index (χ2n) is 1.75. The Kier molecular flexibility index (Phi) is 13.9. The van der Waals surface area contributed by atoms with Crippen molar-refractivity contribution in [3.05, 3.63) is 36.5 Å². The maximum absolute atomic E-state index is 5.28. The summed E-state index contributed by atoms with van der Waals surface area (Å²) in [5.74, 6) is 0. The second-order valence-corrected chi connectivity index (χ2v) is 1.75. The smallest absolute Gasteiger partial charge is 0.0172 e. The molecule has 0 aromatic heterocycles. The summed E-state index contributed by atoms with van der Waals surface area (Å²) in [4.78, 5) is 0. The van der Waals surface area contributed by atoms with Crippen molar-refractivity contribution in [1.29, 1.82) is 0 Å². The number of hydrogen-bond acceptors (Lipinski definition) is 1. The van der Waals surface area contributed by atoms with E-state index in [1.165, 1.54) is 0 Å². The fourth-order valence-electron chi connectivity index (χ4n) is 0.371. The minimum absolute atomic E-state index is 0.536. The van der Waals surface area contributed by atoms with Crippen LogP contribution < -0.4 is 5.73 Å². The quantitative estimate of drug-likeness (QED) is 0.620. The van der Waals surface area contributed by atoms with Crippen LogP contribution in [0.2, 0.25) is 0 Å². The molecule has 0 unspecified atom stereocenters. The van der Waals surface area contributed by atoms with Gasteiger partial charge in [-0.1, -0.05) is 44.7 Å². The lowest BCUT2D eigenvalue weighted by atomic mass is 10.3. The van der Waals surface area contributed by atoms with Gasteiger partial charge in [0.15, 0.2) is 0 Å². The molecule has 0 aliphatic carbocycles. The predicted molar refractivity (Wildman–Crippen MR) is 53.5 cm³/mol. The molecule has 0 saturated heterocycles. The highest BCUT2D eigenvalue weighted by atomic mass is 14.5. The summed E-state index contributed by atoms with van der Waals surface area (Å²) in [5, 5.41) is 0. The van der Waals surface area contributed by atoms with Crippen LogP contribution in [-0.4, -0.2) is 6.54 Å². The summed E-state index contributed by atoms with van der Waals surface area (Å²) in [6.45, 7) is 10.2. The first-order valence-electron chi connectivity index (χ1n) is 3.98.